The highest BCUT2D eigenvalue weighted by Gasteiger charge is 2.35. The maximum atomic E-state index is 12.9. The van der Waals surface area contributed by atoms with Crippen LogP contribution < -0.4 is 21.3 Å². The van der Waals surface area contributed by atoms with Gasteiger partial charge >= 0.3 is 0 Å². The molecule has 0 aliphatic carbocycles. The van der Waals surface area contributed by atoms with Crippen LogP contribution in [0.2, 0.25) is 0 Å². The van der Waals surface area contributed by atoms with Crippen LogP contribution in [0.15, 0.2) is 40.8 Å². The second-order valence-electron chi connectivity index (χ2n) is 5.77. The third kappa shape index (κ3) is 2.34. The van der Waals surface area contributed by atoms with Crippen molar-refractivity contribution >= 4 is 26.6 Å². The van der Waals surface area contributed by atoms with E-state index in [4.69, 9.17) is 10.5 Å². The van der Waals surface area contributed by atoms with Crippen molar-refractivity contribution in [3.8, 4) is 17.9 Å². The van der Waals surface area contributed by atoms with Gasteiger partial charge in [-0.3, -0.25) is 9.78 Å². The van der Waals surface area contributed by atoms with Crippen LogP contribution in [0.5, 0.6) is 5.75 Å². The SMILES string of the molecule is CNc1sc2c3c(c(=O)[nH]c2c1C#N)[C@@H](c1ccncc1)C(C#N)=C(N)O3. The van der Waals surface area contributed by atoms with Crippen molar-refractivity contribution in [2.75, 3.05) is 12.4 Å². The average Bonchev–Trinajstić information content (AvgIpc) is 3.05. The molecule has 1 atom stereocenters. The summed E-state index contributed by atoms with van der Waals surface area (Å²) in [4.78, 5) is 19.7. The predicted molar refractivity (Wildman–Crippen MR) is 100 cm³/mol. The maximum Gasteiger partial charge on any atom is 0.256 e. The Balaban J connectivity index is 2.11. The van der Waals surface area contributed by atoms with Gasteiger partial charge in [-0.2, -0.15) is 10.5 Å². The van der Waals surface area contributed by atoms with E-state index in [1.54, 1.807) is 31.6 Å². The lowest BCUT2D eigenvalue weighted by Crippen LogP contribution is -2.27. The first-order valence-electron chi connectivity index (χ1n) is 7.88. The largest absolute Gasteiger partial charge is 0.438 e. The topological polar surface area (TPSA) is 141 Å². The molecule has 9 heteroatoms. The van der Waals surface area contributed by atoms with Crippen molar-refractivity contribution in [3.63, 3.8) is 0 Å². The second kappa shape index (κ2) is 6.16. The van der Waals surface area contributed by atoms with Crippen LogP contribution in [0.1, 0.15) is 22.6 Å². The number of rotatable bonds is 2. The van der Waals surface area contributed by atoms with E-state index in [2.05, 4.69) is 27.4 Å². The lowest BCUT2D eigenvalue weighted by Gasteiger charge is -2.25. The molecule has 0 unspecified atom stereocenters. The molecule has 4 N–H and O–H groups in total. The van der Waals surface area contributed by atoms with Crippen LogP contribution >= 0.6 is 11.3 Å². The Hall–Kier alpha value is -3.82. The molecule has 1 aliphatic rings. The first-order chi connectivity index (χ1) is 13.1. The predicted octanol–water partition coefficient (Wildman–Crippen LogP) is 2.12. The number of ether oxygens (including phenoxy) is 1. The zero-order valence-corrected chi connectivity index (χ0v) is 14.8. The van der Waals surface area contributed by atoms with Crippen LogP contribution in [-0.4, -0.2) is 17.0 Å². The Morgan fingerprint density at radius 1 is 1.33 bits per heavy atom. The molecule has 8 nitrogen and oxygen atoms in total. The quantitative estimate of drug-likeness (QED) is 0.622. The summed E-state index contributed by atoms with van der Waals surface area (Å²) in [6.45, 7) is 0. The van der Waals surface area contributed by atoms with Crippen molar-refractivity contribution in [2.45, 2.75) is 5.92 Å². The minimum absolute atomic E-state index is 0.0587. The Bertz CT molecular complexity index is 1240. The molecule has 4 rings (SSSR count). The average molecular weight is 376 g/mol. The Morgan fingerprint density at radius 3 is 2.70 bits per heavy atom. The number of nitriles is 2. The molecule has 0 fully saturated rings. The van der Waals surface area contributed by atoms with Crippen LogP contribution in [0, 0.1) is 22.7 Å². The number of allylic oxidation sites excluding steroid dienone is 1. The van der Waals surface area contributed by atoms with Crippen LogP contribution in [0.3, 0.4) is 0 Å². The molecule has 0 spiro atoms. The van der Waals surface area contributed by atoms with Crippen molar-refractivity contribution in [3.05, 3.63) is 63.0 Å². The van der Waals surface area contributed by atoms with E-state index in [0.29, 0.717) is 26.3 Å². The molecular weight excluding hydrogens is 364 g/mol. The third-order valence-electron chi connectivity index (χ3n) is 4.40. The molecule has 3 aromatic heterocycles. The molecule has 3 aromatic rings. The van der Waals surface area contributed by atoms with Gasteiger partial charge < -0.3 is 20.8 Å². The zero-order valence-electron chi connectivity index (χ0n) is 14.0. The molecule has 0 radical (unpaired) electrons. The smallest absolute Gasteiger partial charge is 0.256 e. The first kappa shape index (κ1) is 16.6. The van der Waals surface area contributed by atoms with Crippen molar-refractivity contribution in [1.29, 1.82) is 10.5 Å². The Labute approximate surface area is 157 Å². The molecule has 0 amide bonds. The molecule has 1 aliphatic heterocycles. The Morgan fingerprint density at radius 2 is 2.07 bits per heavy atom. The van der Waals surface area contributed by atoms with E-state index in [9.17, 15) is 15.3 Å². The van der Waals surface area contributed by atoms with Gasteiger partial charge in [0.1, 0.15) is 28.3 Å². The van der Waals surface area contributed by atoms with Gasteiger partial charge in [0.25, 0.3) is 5.56 Å². The minimum atomic E-state index is -0.680. The molecule has 132 valence electrons. The fraction of sp³-hybridized carbons (Fsp3) is 0.111. The number of aromatic amines is 1. The monoisotopic (exact) mass is 376 g/mol. The summed E-state index contributed by atoms with van der Waals surface area (Å²) in [6, 6.07) is 7.60. The fourth-order valence-electron chi connectivity index (χ4n) is 3.22. The van der Waals surface area contributed by atoms with E-state index in [1.165, 1.54) is 11.3 Å². The number of H-pyrrole nitrogens is 1. The van der Waals surface area contributed by atoms with Crippen LogP contribution in [0.4, 0.5) is 5.00 Å². The van der Waals surface area contributed by atoms with Gasteiger partial charge in [-0.25, -0.2) is 0 Å². The van der Waals surface area contributed by atoms with Gasteiger partial charge in [0.2, 0.25) is 5.88 Å². The molecule has 0 saturated carbocycles. The van der Waals surface area contributed by atoms with Gasteiger partial charge in [0.05, 0.1) is 21.7 Å². The maximum absolute atomic E-state index is 12.9. The summed E-state index contributed by atoms with van der Waals surface area (Å²) in [5.41, 5.74) is 7.44. The molecule has 0 saturated heterocycles. The summed E-state index contributed by atoms with van der Waals surface area (Å²) in [6.07, 6.45) is 3.17. The van der Waals surface area contributed by atoms with E-state index in [0.717, 1.165) is 0 Å². The molecule has 27 heavy (non-hydrogen) atoms. The fourth-order valence-corrected chi connectivity index (χ4v) is 4.28. The zero-order chi connectivity index (χ0) is 19.1. The van der Waals surface area contributed by atoms with Gasteiger partial charge in [-0.05, 0) is 17.7 Å². The third-order valence-corrected chi connectivity index (χ3v) is 5.60. The van der Waals surface area contributed by atoms with Crippen LogP contribution in [-0.2, 0) is 0 Å². The highest BCUT2D eigenvalue weighted by Crippen LogP contribution is 2.47. The standard InChI is InChI=1S/C18H12N6O2S/c1-22-18-10(7-20)13-15(27-18)14-12(17(25)24-13)11(8-2-4-23-5-3-8)9(6-19)16(21)26-14/h2-5,11,22H,21H2,1H3,(H,24,25)/t11-/m0/s1. The van der Waals surface area contributed by atoms with E-state index >= 15 is 0 Å². The summed E-state index contributed by atoms with van der Waals surface area (Å²) < 4.78 is 6.30. The number of pyridine rings is 2. The number of aromatic nitrogens is 2. The van der Waals surface area contributed by atoms with Crippen LogP contribution in [0.25, 0.3) is 10.2 Å². The van der Waals surface area contributed by atoms with Crippen molar-refractivity contribution < 1.29 is 4.74 Å². The van der Waals surface area contributed by atoms with Crippen molar-refractivity contribution in [2.24, 2.45) is 5.73 Å². The number of nitrogens with two attached hydrogens (primary N) is 1. The van der Waals surface area contributed by atoms with Gasteiger partial charge in [-0.1, -0.05) is 0 Å². The van der Waals surface area contributed by atoms with E-state index in [1.807, 2.05) is 0 Å². The highest BCUT2D eigenvalue weighted by molar-refractivity contribution is 7.23. The normalized spacial score (nSPS) is 15.6. The first-order valence-corrected chi connectivity index (χ1v) is 8.70. The number of anilines is 1. The lowest BCUT2D eigenvalue weighted by atomic mass is 9.84. The number of nitrogens with zero attached hydrogens (tertiary/aromatic N) is 3. The Kier molecular flexibility index (Phi) is 3.80. The van der Waals surface area contributed by atoms with Gasteiger partial charge in [-0.15, -0.1) is 11.3 Å². The summed E-state index contributed by atoms with van der Waals surface area (Å²) in [5.74, 6) is -0.465. The summed E-state index contributed by atoms with van der Waals surface area (Å²) >= 11 is 1.28. The lowest BCUT2D eigenvalue weighted by molar-refractivity contribution is 0.397. The van der Waals surface area contributed by atoms with Crippen molar-refractivity contribution in [1.82, 2.24) is 9.97 Å². The minimum Gasteiger partial charge on any atom is -0.438 e. The molecular formula is C18H12N6O2S. The molecule has 4 heterocycles. The van der Waals surface area contributed by atoms with E-state index < -0.39 is 11.5 Å². The number of fused-ring (bicyclic) bond motifs is 3. The summed E-state index contributed by atoms with van der Waals surface area (Å²) in [7, 11) is 1.69. The summed E-state index contributed by atoms with van der Waals surface area (Å²) in [5, 5.41) is 22.6. The second-order valence-corrected chi connectivity index (χ2v) is 6.80. The highest BCUT2D eigenvalue weighted by atomic mass is 32.1. The number of nitrogens with one attached hydrogen (secondary N) is 2. The molecule has 0 bridgehead atoms. The van der Waals surface area contributed by atoms with Gasteiger partial charge in [0, 0.05) is 19.4 Å². The molecule has 0 aromatic carbocycles. The number of thiophene rings is 1. The number of hydrogen-bond acceptors (Lipinski definition) is 8. The number of hydrogen-bond donors (Lipinski definition) is 3. The van der Waals surface area contributed by atoms with E-state index in [-0.39, 0.29) is 22.8 Å². The van der Waals surface area contributed by atoms with Gasteiger partial charge in [0.15, 0.2) is 5.75 Å².